The lowest BCUT2D eigenvalue weighted by Gasteiger charge is -2.16. The van der Waals surface area contributed by atoms with Gasteiger partial charge in [-0.05, 0) is 64.0 Å². The first kappa shape index (κ1) is 23.5. The zero-order chi connectivity index (χ0) is 22.5. The molecule has 2 N–H and O–H groups in total. The van der Waals surface area contributed by atoms with E-state index in [1.54, 1.807) is 31.4 Å². The number of ether oxygens (including phenoxy) is 2. The van der Waals surface area contributed by atoms with Crippen molar-refractivity contribution < 1.29 is 19.4 Å². The van der Waals surface area contributed by atoms with E-state index >= 15 is 0 Å². The number of rotatable bonds is 8. The summed E-state index contributed by atoms with van der Waals surface area (Å²) in [5.41, 5.74) is 2.47. The Hall–Kier alpha value is -2.12. The van der Waals surface area contributed by atoms with E-state index in [1.807, 2.05) is 18.2 Å². The molecule has 0 amide bonds. The smallest absolute Gasteiger partial charge is 0.337 e. The molecule has 0 unspecified atom stereocenters. The van der Waals surface area contributed by atoms with E-state index in [4.69, 9.17) is 49.4 Å². The number of carboxylic acids is 1. The third-order valence-electron chi connectivity index (χ3n) is 4.37. The highest BCUT2D eigenvalue weighted by Crippen LogP contribution is 2.38. The Kier molecular flexibility index (Phi) is 7.94. The third kappa shape index (κ3) is 5.98. The monoisotopic (exact) mass is 543 g/mol. The van der Waals surface area contributed by atoms with Crippen molar-refractivity contribution in [2.75, 3.05) is 12.4 Å². The fourth-order valence-corrected chi connectivity index (χ4v) is 4.13. The molecule has 0 aliphatic heterocycles. The lowest BCUT2D eigenvalue weighted by Crippen LogP contribution is -2.04. The fourth-order valence-electron chi connectivity index (χ4n) is 2.81. The number of carbonyl (C=O) groups is 1. The van der Waals surface area contributed by atoms with Crippen LogP contribution in [0.25, 0.3) is 0 Å². The molecule has 0 aromatic heterocycles. The molecular formula is C22H17BrCl3NO4. The van der Waals surface area contributed by atoms with Crippen molar-refractivity contribution in [2.45, 2.75) is 13.2 Å². The van der Waals surface area contributed by atoms with Crippen LogP contribution in [0.5, 0.6) is 11.5 Å². The molecule has 0 aliphatic rings. The molecule has 0 aliphatic carbocycles. The van der Waals surface area contributed by atoms with Crippen molar-refractivity contribution in [1.29, 1.82) is 0 Å². The van der Waals surface area contributed by atoms with Gasteiger partial charge < -0.3 is 19.9 Å². The predicted octanol–water partition coefficient (Wildman–Crippen LogP) is 7.31. The van der Waals surface area contributed by atoms with Crippen molar-refractivity contribution in [1.82, 2.24) is 0 Å². The summed E-state index contributed by atoms with van der Waals surface area (Å²) in [7, 11) is 1.56. The lowest BCUT2D eigenvalue weighted by molar-refractivity contribution is 0.0697. The molecular weight excluding hydrogens is 529 g/mol. The largest absolute Gasteiger partial charge is 0.493 e. The summed E-state index contributed by atoms with van der Waals surface area (Å²) >= 11 is 21.7. The van der Waals surface area contributed by atoms with Crippen molar-refractivity contribution in [3.8, 4) is 11.5 Å². The Bertz CT molecular complexity index is 1120. The number of aromatic carboxylic acids is 1. The van der Waals surface area contributed by atoms with Gasteiger partial charge in [0.2, 0.25) is 0 Å². The predicted molar refractivity (Wildman–Crippen MR) is 127 cm³/mol. The van der Waals surface area contributed by atoms with E-state index < -0.39 is 5.97 Å². The van der Waals surface area contributed by atoms with Gasteiger partial charge in [0, 0.05) is 27.8 Å². The molecule has 0 saturated carbocycles. The second-order valence-corrected chi connectivity index (χ2v) is 8.59. The number of hydrogen-bond acceptors (Lipinski definition) is 4. The fraction of sp³-hybridized carbons (Fsp3) is 0.136. The Balaban J connectivity index is 1.73. The summed E-state index contributed by atoms with van der Waals surface area (Å²) in [6.45, 7) is 0.706. The average molecular weight is 546 g/mol. The van der Waals surface area contributed by atoms with Gasteiger partial charge in [0.25, 0.3) is 0 Å². The lowest BCUT2D eigenvalue weighted by atomic mass is 10.1. The van der Waals surface area contributed by atoms with Gasteiger partial charge in [0.1, 0.15) is 6.61 Å². The molecule has 0 radical (unpaired) electrons. The summed E-state index contributed by atoms with van der Waals surface area (Å²) in [4.78, 5) is 11.1. The summed E-state index contributed by atoms with van der Waals surface area (Å²) in [6.07, 6.45) is 0. The molecule has 3 aromatic carbocycles. The van der Waals surface area contributed by atoms with E-state index in [0.717, 1.165) is 11.1 Å². The summed E-state index contributed by atoms with van der Waals surface area (Å²) in [6, 6.07) is 13.7. The minimum atomic E-state index is -1.07. The van der Waals surface area contributed by atoms with Gasteiger partial charge in [-0.15, -0.1) is 0 Å². The minimum absolute atomic E-state index is 0.0546. The topological polar surface area (TPSA) is 67.8 Å². The number of nitrogens with one attached hydrogen (secondary N) is 1. The molecule has 0 fully saturated rings. The van der Waals surface area contributed by atoms with Gasteiger partial charge in [-0.25, -0.2) is 4.79 Å². The molecule has 9 heteroatoms. The van der Waals surface area contributed by atoms with Crippen LogP contribution in [0.15, 0.2) is 53.0 Å². The van der Waals surface area contributed by atoms with Crippen molar-refractivity contribution >= 4 is 62.4 Å². The molecule has 0 spiro atoms. The van der Waals surface area contributed by atoms with E-state index in [9.17, 15) is 4.79 Å². The van der Waals surface area contributed by atoms with E-state index in [-0.39, 0.29) is 17.2 Å². The maximum atomic E-state index is 11.1. The van der Waals surface area contributed by atoms with E-state index in [2.05, 4.69) is 21.2 Å². The summed E-state index contributed by atoms with van der Waals surface area (Å²) in [5.74, 6) is 0.0299. The highest BCUT2D eigenvalue weighted by atomic mass is 79.9. The van der Waals surface area contributed by atoms with Crippen LogP contribution in [-0.2, 0) is 13.2 Å². The first-order chi connectivity index (χ1) is 14.8. The van der Waals surface area contributed by atoms with Gasteiger partial charge in [0.05, 0.1) is 22.2 Å². The minimum Gasteiger partial charge on any atom is -0.493 e. The SMILES string of the molecule is COc1cc(CNc2ccc(C(=O)O)c(Cl)c2)cc(Br)c1OCc1ccc(Cl)cc1Cl. The zero-order valence-corrected chi connectivity index (χ0v) is 20.1. The highest BCUT2D eigenvalue weighted by molar-refractivity contribution is 9.10. The molecule has 0 bridgehead atoms. The maximum Gasteiger partial charge on any atom is 0.337 e. The molecule has 3 aromatic rings. The number of carboxylic acid groups (broad SMARTS) is 1. The van der Waals surface area contributed by atoms with E-state index in [0.29, 0.717) is 38.2 Å². The summed E-state index contributed by atoms with van der Waals surface area (Å²) < 4.78 is 12.2. The van der Waals surface area contributed by atoms with Crippen LogP contribution >= 0.6 is 50.7 Å². The van der Waals surface area contributed by atoms with Crippen molar-refractivity contribution in [2.24, 2.45) is 0 Å². The molecule has 0 atom stereocenters. The zero-order valence-electron chi connectivity index (χ0n) is 16.2. The Labute approximate surface area is 203 Å². The standard InChI is InChI=1S/C22H17BrCl3NO4/c1-30-20-7-12(10-27-15-4-5-16(22(28)29)19(26)9-15)6-17(23)21(20)31-11-13-2-3-14(24)8-18(13)25/h2-9,27H,10-11H2,1H3,(H,28,29). The van der Waals surface area contributed by atoms with Crippen LogP contribution in [0.3, 0.4) is 0 Å². The van der Waals surface area contributed by atoms with Crippen molar-refractivity contribution in [3.05, 3.63) is 84.8 Å². The van der Waals surface area contributed by atoms with Crippen LogP contribution in [0.2, 0.25) is 15.1 Å². The van der Waals surface area contributed by atoms with Gasteiger partial charge >= 0.3 is 5.97 Å². The van der Waals surface area contributed by atoms with Crippen LogP contribution in [0, 0.1) is 0 Å². The summed E-state index contributed by atoms with van der Waals surface area (Å²) in [5, 5.41) is 13.5. The second-order valence-electron chi connectivity index (χ2n) is 6.49. The van der Waals surface area contributed by atoms with Gasteiger partial charge in [-0.2, -0.15) is 0 Å². The van der Waals surface area contributed by atoms with Gasteiger partial charge in [0.15, 0.2) is 11.5 Å². The van der Waals surface area contributed by atoms with Crippen LogP contribution in [0.1, 0.15) is 21.5 Å². The Morgan fingerprint density at radius 3 is 2.48 bits per heavy atom. The highest BCUT2D eigenvalue weighted by Gasteiger charge is 2.14. The molecule has 0 heterocycles. The second kappa shape index (κ2) is 10.5. The number of methoxy groups -OCH3 is 1. The van der Waals surface area contributed by atoms with Gasteiger partial charge in [-0.1, -0.05) is 40.9 Å². The van der Waals surface area contributed by atoms with Crippen molar-refractivity contribution in [3.63, 3.8) is 0 Å². The Morgan fingerprint density at radius 1 is 1.06 bits per heavy atom. The first-order valence-electron chi connectivity index (χ1n) is 8.98. The quantitative estimate of drug-likeness (QED) is 0.311. The molecule has 31 heavy (non-hydrogen) atoms. The van der Waals surface area contributed by atoms with E-state index in [1.165, 1.54) is 6.07 Å². The molecule has 162 valence electrons. The number of hydrogen-bond donors (Lipinski definition) is 2. The molecule has 0 saturated heterocycles. The third-order valence-corrected chi connectivity index (χ3v) is 5.86. The average Bonchev–Trinajstić information content (AvgIpc) is 2.72. The first-order valence-corrected chi connectivity index (χ1v) is 10.9. The number of anilines is 1. The van der Waals surface area contributed by atoms with Crippen LogP contribution in [-0.4, -0.2) is 18.2 Å². The molecule has 3 rings (SSSR count). The number of benzene rings is 3. The van der Waals surface area contributed by atoms with Crippen LogP contribution < -0.4 is 14.8 Å². The normalized spacial score (nSPS) is 10.6. The maximum absolute atomic E-state index is 11.1. The Morgan fingerprint density at radius 2 is 1.84 bits per heavy atom. The van der Waals surface area contributed by atoms with Gasteiger partial charge in [-0.3, -0.25) is 0 Å². The van der Waals surface area contributed by atoms with Crippen LogP contribution in [0.4, 0.5) is 5.69 Å². The molecule has 5 nitrogen and oxygen atoms in total. The number of halogens is 4.